The largest absolute Gasteiger partial charge is 0.393 e. The van der Waals surface area contributed by atoms with Gasteiger partial charge in [-0.1, -0.05) is 18.2 Å². The third-order valence-electron chi connectivity index (χ3n) is 3.50. The first-order valence-corrected chi connectivity index (χ1v) is 6.83. The zero-order valence-corrected chi connectivity index (χ0v) is 12.4. The molecule has 1 aromatic carbocycles. The number of benzene rings is 1. The van der Waals surface area contributed by atoms with E-state index in [9.17, 15) is 9.59 Å². The molecule has 2 amide bonds. The van der Waals surface area contributed by atoms with E-state index in [-0.39, 0.29) is 12.5 Å². The third-order valence-corrected chi connectivity index (χ3v) is 3.50. The quantitative estimate of drug-likeness (QED) is 0.789. The summed E-state index contributed by atoms with van der Waals surface area (Å²) < 4.78 is 0. The van der Waals surface area contributed by atoms with Gasteiger partial charge in [0.1, 0.15) is 11.6 Å². The highest BCUT2D eigenvalue weighted by Gasteiger charge is 2.34. The van der Waals surface area contributed by atoms with E-state index < -0.39 is 17.6 Å². The Labute approximate surface area is 123 Å². The molecule has 1 aliphatic rings. The second-order valence-corrected chi connectivity index (χ2v) is 5.75. The summed E-state index contributed by atoms with van der Waals surface area (Å²) in [5.74, 6) is -0.577. The smallest absolute Gasteiger partial charge is 0.266 e. The van der Waals surface area contributed by atoms with Crippen LogP contribution in [0, 0.1) is 0 Å². The molecule has 1 aromatic rings. The zero-order chi connectivity index (χ0) is 15.6. The van der Waals surface area contributed by atoms with Crippen LogP contribution in [-0.4, -0.2) is 40.1 Å². The van der Waals surface area contributed by atoms with Gasteiger partial charge in [-0.3, -0.25) is 14.4 Å². The predicted octanol–water partition coefficient (Wildman–Crippen LogP) is 0.850. The van der Waals surface area contributed by atoms with Crippen LogP contribution in [0.25, 0.3) is 0 Å². The highest BCUT2D eigenvalue weighted by Crippen LogP contribution is 2.24. The fourth-order valence-corrected chi connectivity index (χ4v) is 2.04. The molecule has 6 heteroatoms. The van der Waals surface area contributed by atoms with Crippen LogP contribution in [0.2, 0.25) is 0 Å². The molecule has 1 aliphatic heterocycles. The number of hydrogen-bond donors (Lipinski definition) is 2. The molecule has 0 aliphatic carbocycles. The van der Waals surface area contributed by atoms with Gasteiger partial charge in [0.15, 0.2) is 0 Å². The van der Waals surface area contributed by atoms with Gasteiger partial charge in [-0.15, -0.1) is 0 Å². The Hall–Kier alpha value is -1.92. The third kappa shape index (κ3) is 3.22. The number of rotatable bonds is 5. The van der Waals surface area contributed by atoms with Gasteiger partial charge in [-0.2, -0.15) is 0 Å². The standard InChI is InChI=1S/C15H20N2O4/c1-10(13(19)16-21-15(2,3)9-18)17-8-11-6-4-5-7-12(11)14(17)20/h4-7,10,18H,8-9H2,1-3H3,(H,16,19)/t10-/m1/s1. The number of nitrogens with one attached hydrogen (secondary N) is 1. The van der Waals surface area contributed by atoms with E-state index in [1.54, 1.807) is 32.9 Å². The van der Waals surface area contributed by atoms with E-state index in [0.717, 1.165) is 5.56 Å². The van der Waals surface area contributed by atoms with Crippen LogP contribution in [-0.2, 0) is 16.2 Å². The fraction of sp³-hybridized carbons (Fsp3) is 0.467. The number of hydroxylamine groups is 1. The number of hydrogen-bond acceptors (Lipinski definition) is 4. The molecule has 0 radical (unpaired) electrons. The van der Waals surface area contributed by atoms with E-state index in [0.29, 0.717) is 12.1 Å². The first-order valence-electron chi connectivity index (χ1n) is 6.83. The number of nitrogens with zero attached hydrogens (tertiary/aromatic N) is 1. The molecule has 1 atom stereocenters. The molecule has 114 valence electrons. The number of fused-ring (bicyclic) bond motifs is 1. The molecule has 2 rings (SSSR count). The molecule has 0 bridgehead atoms. The predicted molar refractivity (Wildman–Crippen MR) is 76.2 cm³/mol. The monoisotopic (exact) mass is 292 g/mol. The molecule has 0 unspecified atom stereocenters. The van der Waals surface area contributed by atoms with Gasteiger partial charge in [-0.25, -0.2) is 5.48 Å². The molecule has 2 N–H and O–H groups in total. The Balaban J connectivity index is 2.00. The lowest BCUT2D eigenvalue weighted by atomic mass is 10.1. The van der Waals surface area contributed by atoms with Crippen LogP contribution in [0.4, 0.5) is 0 Å². The molecule has 0 saturated carbocycles. The van der Waals surface area contributed by atoms with Crippen molar-refractivity contribution in [1.82, 2.24) is 10.4 Å². The van der Waals surface area contributed by atoms with Crippen molar-refractivity contribution in [2.45, 2.75) is 39.0 Å². The lowest BCUT2D eigenvalue weighted by Gasteiger charge is -2.26. The van der Waals surface area contributed by atoms with E-state index >= 15 is 0 Å². The van der Waals surface area contributed by atoms with Crippen LogP contribution in [0.3, 0.4) is 0 Å². The number of carbonyl (C=O) groups is 2. The molecular weight excluding hydrogens is 272 g/mol. The van der Waals surface area contributed by atoms with Crippen molar-refractivity contribution in [1.29, 1.82) is 0 Å². The Morgan fingerprint density at radius 2 is 2.14 bits per heavy atom. The molecule has 0 spiro atoms. The topological polar surface area (TPSA) is 78.9 Å². The summed E-state index contributed by atoms with van der Waals surface area (Å²) in [6.45, 7) is 5.13. The van der Waals surface area contributed by atoms with Crippen molar-refractivity contribution < 1.29 is 19.5 Å². The van der Waals surface area contributed by atoms with Crippen molar-refractivity contribution in [3.05, 3.63) is 35.4 Å². The summed E-state index contributed by atoms with van der Waals surface area (Å²) in [6, 6.07) is 6.65. The van der Waals surface area contributed by atoms with Crippen molar-refractivity contribution >= 4 is 11.8 Å². The lowest BCUT2D eigenvalue weighted by Crippen LogP contribution is -2.48. The van der Waals surface area contributed by atoms with Gasteiger partial charge in [-0.05, 0) is 32.4 Å². The first kappa shape index (κ1) is 15.5. The Morgan fingerprint density at radius 3 is 2.76 bits per heavy atom. The maximum atomic E-state index is 12.3. The van der Waals surface area contributed by atoms with Crippen molar-refractivity contribution in [3.63, 3.8) is 0 Å². The number of aliphatic hydroxyl groups is 1. The minimum absolute atomic E-state index is 0.158. The number of carbonyl (C=O) groups excluding carboxylic acids is 2. The zero-order valence-electron chi connectivity index (χ0n) is 12.4. The summed E-state index contributed by atoms with van der Waals surface area (Å²) >= 11 is 0. The summed E-state index contributed by atoms with van der Waals surface area (Å²) in [5.41, 5.74) is 2.99. The highest BCUT2D eigenvalue weighted by molar-refractivity contribution is 6.00. The minimum Gasteiger partial charge on any atom is -0.393 e. The van der Waals surface area contributed by atoms with E-state index in [1.165, 1.54) is 4.90 Å². The van der Waals surface area contributed by atoms with Crippen molar-refractivity contribution in [2.75, 3.05) is 6.61 Å². The van der Waals surface area contributed by atoms with Gasteiger partial charge in [0.25, 0.3) is 11.8 Å². The number of aliphatic hydroxyl groups excluding tert-OH is 1. The Morgan fingerprint density at radius 1 is 1.48 bits per heavy atom. The highest BCUT2D eigenvalue weighted by atomic mass is 16.7. The average Bonchev–Trinajstić information content (AvgIpc) is 2.82. The van der Waals surface area contributed by atoms with Crippen LogP contribution in [0.15, 0.2) is 24.3 Å². The Kier molecular flexibility index (Phi) is 4.29. The lowest BCUT2D eigenvalue weighted by molar-refractivity contribution is -0.156. The maximum absolute atomic E-state index is 12.3. The normalized spacial score (nSPS) is 15.8. The van der Waals surface area contributed by atoms with Crippen molar-refractivity contribution in [2.24, 2.45) is 0 Å². The summed E-state index contributed by atoms with van der Waals surface area (Å²) in [4.78, 5) is 31.0. The minimum atomic E-state index is -0.868. The molecule has 0 saturated heterocycles. The fourth-order valence-electron chi connectivity index (χ4n) is 2.04. The first-order chi connectivity index (χ1) is 9.85. The maximum Gasteiger partial charge on any atom is 0.266 e. The summed E-state index contributed by atoms with van der Waals surface area (Å²) in [6.07, 6.45) is 0. The van der Waals surface area contributed by atoms with Crippen molar-refractivity contribution in [3.8, 4) is 0 Å². The van der Waals surface area contributed by atoms with Gasteiger partial charge in [0.05, 0.1) is 6.61 Å². The molecule has 21 heavy (non-hydrogen) atoms. The van der Waals surface area contributed by atoms with E-state index in [2.05, 4.69) is 5.48 Å². The SMILES string of the molecule is C[C@H](C(=O)NOC(C)(C)CO)N1Cc2ccccc2C1=O. The average molecular weight is 292 g/mol. The van der Waals surface area contributed by atoms with Gasteiger partial charge in [0, 0.05) is 12.1 Å². The van der Waals surface area contributed by atoms with Gasteiger partial charge in [0.2, 0.25) is 0 Å². The van der Waals surface area contributed by atoms with E-state index in [1.807, 2.05) is 12.1 Å². The summed E-state index contributed by atoms with van der Waals surface area (Å²) in [5, 5.41) is 9.08. The Bertz CT molecular complexity index is 556. The molecule has 6 nitrogen and oxygen atoms in total. The summed E-state index contributed by atoms with van der Waals surface area (Å²) in [7, 11) is 0. The van der Waals surface area contributed by atoms with Gasteiger partial charge >= 0.3 is 0 Å². The second kappa shape index (κ2) is 5.83. The molecule has 0 fully saturated rings. The second-order valence-electron chi connectivity index (χ2n) is 5.75. The van der Waals surface area contributed by atoms with Gasteiger partial charge < -0.3 is 10.0 Å². The molecule has 0 aromatic heterocycles. The molecular formula is C15H20N2O4. The van der Waals surface area contributed by atoms with Crippen LogP contribution >= 0.6 is 0 Å². The van der Waals surface area contributed by atoms with Crippen LogP contribution < -0.4 is 5.48 Å². The molecule has 1 heterocycles. The van der Waals surface area contributed by atoms with Crippen LogP contribution in [0.5, 0.6) is 0 Å². The van der Waals surface area contributed by atoms with E-state index in [4.69, 9.17) is 9.94 Å². The van der Waals surface area contributed by atoms with Crippen LogP contribution in [0.1, 0.15) is 36.7 Å². The number of amides is 2.